The van der Waals surface area contributed by atoms with Gasteiger partial charge in [-0.2, -0.15) is 0 Å². The third-order valence-corrected chi connectivity index (χ3v) is 4.24. The summed E-state index contributed by atoms with van der Waals surface area (Å²) in [6.07, 6.45) is 5.04. The summed E-state index contributed by atoms with van der Waals surface area (Å²) in [5, 5.41) is 0. The van der Waals surface area contributed by atoms with Crippen LogP contribution in [0.1, 0.15) is 33.1 Å². The van der Waals surface area contributed by atoms with Crippen LogP contribution in [0.15, 0.2) is 12.7 Å². The van der Waals surface area contributed by atoms with E-state index < -0.39 is 0 Å². The molecule has 1 nitrogen and oxygen atoms in total. The van der Waals surface area contributed by atoms with Crippen molar-refractivity contribution in [2.45, 2.75) is 33.1 Å². The van der Waals surface area contributed by atoms with Gasteiger partial charge in [-0.1, -0.05) is 19.9 Å². The smallest absolute Gasteiger partial charge is 0.139 e. The van der Waals surface area contributed by atoms with Gasteiger partial charge in [-0.05, 0) is 30.6 Å². The lowest BCUT2D eigenvalue weighted by atomic mass is 9.46. The predicted molar refractivity (Wildman–Crippen MR) is 53.3 cm³/mol. The van der Waals surface area contributed by atoms with Gasteiger partial charge in [0.05, 0.1) is 0 Å². The lowest BCUT2D eigenvalue weighted by molar-refractivity contribution is -0.156. The molecule has 0 unspecified atom stereocenters. The molecule has 0 amide bonds. The van der Waals surface area contributed by atoms with Gasteiger partial charge in [-0.15, -0.1) is 6.58 Å². The lowest BCUT2D eigenvalue weighted by Gasteiger charge is -2.57. The normalized spacial score (nSPS) is 41.1. The summed E-state index contributed by atoms with van der Waals surface area (Å²) in [5.74, 6) is 1.96. The van der Waals surface area contributed by atoms with Crippen LogP contribution in [0.2, 0.25) is 0 Å². The van der Waals surface area contributed by atoms with Crippen LogP contribution in [-0.4, -0.2) is 5.78 Å². The van der Waals surface area contributed by atoms with Crippen LogP contribution in [0.25, 0.3) is 0 Å². The molecule has 1 heteroatoms. The van der Waals surface area contributed by atoms with Gasteiger partial charge < -0.3 is 0 Å². The van der Waals surface area contributed by atoms with Gasteiger partial charge in [0.15, 0.2) is 0 Å². The fourth-order valence-electron chi connectivity index (χ4n) is 3.06. The number of ketones is 1. The number of allylic oxidation sites excluding steroid dienone is 1. The van der Waals surface area contributed by atoms with E-state index in [2.05, 4.69) is 20.4 Å². The highest BCUT2D eigenvalue weighted by atomic mass is 16.1. The molecule has 0 saturated heterocycles. The van der Waals surface area contributed by atoms with Crippen molar-refractivity contribution >= 4 is 5.78 Å². The first-order valence-corrected chi connectivity index (χ1v) is 5.22. The van der Waals surface area contributed by atoms with Crippen LogP contribution in [0.4, 0.5) is 0 Å². The van der Waals surface area contributed by atoms with E-state index in [-0.39, 0.29) is 0 Å². The Morgan fingerprint density at radius 2 is 2.23 bits per heavy atom. The highest BCUT2D eigenvalue weighted by Gasteiger charge is 2.57. The number of hydrogen-bond acceptors (Lipinski definition) is 1. The minimum Gasteiger partial charge on any atom is -0.299 e. The van der Waals surface area contributed by atoms with Gasteiger partial charge in [0.25, 0.3) is 0 Å². The molecule has 0 aromatic rings. The van der Waals surface area contributed by atoms with E-state index in [1.165, 1.54) is 0 Å². The van der Waals surface area contributed by atoms with E-state index in [1.807, 2.05) is 6.08 Å². The Hall–Kier alpha value is -0.590. The standard InChI is InChI=1S/C12H18O/c1-4-5-8-6-9-7-10(11(8)13)12(9,2)3/h4,8-10H,1,5-7H2,2-3H3/t8-,9-,10-/m0/s1. The Balaban J connectivity index is 2.12. The van der Waals surface area contributed by atoms with Crippen molar-refractivity contribution in [3.8, 4) is 0 Å². The molecule has 3 atom stereocenters. The SMILES string of the molecule is C=CC[C@H]1C[C@H]2C[C@@H](C1=O)C2(C)C. The molecule has 3 saturated carbocycles. The first-order chi connectivity index (χ1) is 6.07. The van der Waals surface area contributed by atoms with Crippen molar-refractivity contribution < 1.29 is 4.79 Å². The number of rotatable bonds is 2. The third-order valence-electron chi connectivity index (χ3n) is 4.24. The van der Waals surface area contributed by atoms with E-state index in [0.717, 1.165) is 25.2 Å². The van der Waals surface area contributed by atoms with Gasteiger partial charge in [-0.3, -0.25) is 4.79 Å². The molecule has 0 aromatic heterocycles. The number of fused-ring (bicyclic) bond motifs is 2. The molecule has 3 rings (SSSR count). The van der Waals surface area contributed by atoms with E-state index in [4.69, 9.17) is 0 Å². The number of carbonyl (C=O) groups excluding carboxylic acids is 1. The summed E-state index contributed by atoms with van der Waals surface area (Å²) in [5.41, 5.74) is 0.300. The zero-order valence-corrected chi connectivity index (χ0v) is 8.55. The second kappa shape index (κ2) is 2.70. The van der Waals surface area contributed by atoms with Gasteiger partial charge in [0.1, 0.15) is 5.78 Å². The molecule has 3 aliphatic carbocycles. The molecule has 0 spiro atoms. The number of Topliss-reactive ketones (excluding diaryl/α,β-unsaturated/α-hetero) is 1. The summed E-state index contributed by atoms with van der Waals surface area (Å²) in [7, 11) is 0. The maximum absolute atomic E-state index is 11.9. The zero-order valence-electron chi connectivity index (χ0n) is 8.55. The van der Waals surface area contributed by atoms with E-state index in [1.54, 1.807) is 0 Å². The second-order valence-electron chi connectivity index (χ2n) is 5.17. The highest BCUT2D eigenvalue weighted by Crippen LogP contribution is 2.59. The molecule has 72 valence electrons. The summed E-state index contributed by atoms with van der Waals surface area (Å²) in [4.78, 5) is 11.9. The van der Waals surface area contributed by atoms with Crippen LogP contribution in [0.3, 0.4) is 0 Å². The molecule has 13 heavy (non-hydrogen) atoms. The molecular weight excluding hydrogens is 160 g/mol. The number of hydrogen-bond donors (Lipinski definition) is 0. The minimum atomic E-state index is 0.300. The fraction of sp³-hybridized carbons (Fsp3) is 0.750. The number of carbonyl (C=O) groups is 1. The van der Waals surface area contributed by atoms with Crippen molar-refractivity contribution in [2.75, 3.05) is 0 Å². The largest absolute Gasteiger partial charge is 0.299 e. The molecule has 2 bridgehead atoms. The predicted octanol–water partition coefficient (Wildman–Crippen LogP) is 2.81. The van der Waals surface area contributed by atoms with E-state index in [9.17, 15) is 4.79 Å². The van der Waals surface area contributed by atoms with Crippen molar-refractivity contribution in [1.82, 2.24) is 0 Å². The highest BCUT2D eigenvalue weighted by molar-refractivity contribution is 5.86. The average molecular weight is 178 g/mol. The van der Waals surface area contributed by atoms with E-state index >= 15 is 0 Å². The molecular formula is C12H18O. The summed E-state index contributed by atoms with van der Waals surface area (Å²) < 4.78 is 0. The van der Waals surface area contributed by atoms with Crippen LogP contribution in [0.5, 0.6) is 0 Å². The molecule has 0 heterocycles. The maximum Gasteiger partial charge on any atom is 0.139 e. The van der Waals surface area contributed by atoms with Crippen molar-refractivity contribution in [2.24, 2.45) is 23.2 Å². The van der Waals surface area contributed by atoms with Crippen LogP contribution in [0, 0.1) is 23.2 Å². The molecule has 0 aromatic carbocycles. The first kappa shape index (κ1) is 8.98. The Bertz CT molecular complexity index is 252. The summed E-state index contributed by atoms with van der Waals surface area (Å²) in [6, 6.07) is 0. The average Bonchev–Trinajstić information content (AvgIpc) is 2.08. The molecule has 3 aliphatic rings. The Labute approximate surface area is 80.2 Å². The summed E-state index contributed by atoms with van der Waals surface area (Å²) >= 11 is 0. The van der Waals surface area contributed by atoms with E-state index in [0.29, 0.717) is 23.0 Å². The topological polar surface area (TPSA) is 17.1 Å². The Morgan fingerprint density at radius 3 is 2.69 bits per heavy atom. The van der Waals surface area contributed by atoms with Gasteiger partial charge in [-0.25, -0.2) is 0 Å². The molecule has 3 fully saturated rings. The molecule has 0 radical (unpaired) electrons. The monoisotopic (exact) mass is 178 g/mol. The first-order valence-electron chi connectivity index (χ1n) is 5.22. The minimum absolute atomic E-state index is 0.300. The van der Waals surface area contributed by atoms with Crippen LogP contribution < -0.4 is 0 Å². The van der Waals surface area contributed by atoms with Crippen molar-refractivity contribution in [3.05, 3.63) is 12.7 Å². The molecule has 0 aliphatic heterocycles. The molecule has 0 N–H and O–H groups in total. The van der Waals surface area contributed by atoms with Crippen LogP contribution >= 0.6 is 0 Å². The summed E-state index contributed by atoms with van der Waals surface area (Å²) in [6.45, 7) is 8.20. The lowest BCUT2D eigenvalue weighted by Crippen LogP contribution is -2.56. The van der Waals surface area contributed by atoms with Crippen molar-refractivity contribution in [3.63, 3.8) is 0 Å². The Kier molecular flexibility index (Phi) is 1.86. The van der Waals surface area contributed by atoms with Gasteiger partial charge >= 0.3 is 0 Å². The maximum atomic E-state index is 11.9. The van der Waals surface area contributed by atoms with Gasteiger partial charge in [0.2, 0.25) is 0 Å². The van der Waals surface area contributed by atoms with Crippen LogP contribution in [-0.2, 0) is 4.79 Å². The van der Waals surface area contributed by atoms with Crippen molar-refractivity contribution in [1.29, 1.82) is 0 Å². The Morgan fingerprint density at radius 1 is 1.54 bits per heavy atom. The third kappa shape index (κ3) is 1.09. The second-order valence-corrected chi connectivity index (χ2v) is 5.17. The van der Waals surface area contributed by atoms with Gasteiger partial charge in [0, 0.05) is 11.8 Å². The zero-order chi connectivity index (χ0) is 9.64. The fourth-order valence-corrected chi connectivity index (χ4v) is 3.06. The quantitative estimate of drug-likeness (QED) is 0.594.